The summed E-state index contributed by atoms with van der Waals surface area (Å²) in [6, 6.07) is -1.04. The van der Waals surface area contributed by atoms with Crippen LogP contribution in [0.2, 0.25) is 0 Å². The Bertz CT molecular complexity index is 425. The maximum absolute atomic E-state index is 12.0. The highest BCUT2D eigenvalue weighted by molar-refractivity contribution is 5.94. The van der Waals surface area contributed by atoms with Crippen molar-refractivity contribution in [3.05, 3.63) is 12.7 Å². The normalized spacial score (nSPS) is 22.3. The average Bonchev–Trinajstić information content (AvgIpc) is 2.69. The number of β-amino-alcohol motifs (C(OH)–C–C–N with tert-alkyl or cyclic N) is 1. The summed E-state index contributed by atoms with van der Waals surface area (Å²) in [6.45, 7) is 8.19. The molecule has 0 unspecified atom stereocenters. The summed E-state index contributed by atoms with van der Waals surface area (Å²) in [5, 5.41) is 9.60. The lowest BCUT2D eigenvalue weighted by molar-refractivity contribution is -0.159. The molecule has 1 aliphatic rings. The third kappa shape index (κ3) is 4.34. The molecular weight excluding hydrogens is 266 g/mol. The van der Waals surface area contributed by atoms with Crippen LogP contribution in [0.1, 0.15) is 27.2 Å². The summed E-state index contributed by atoms with van der Waals surface area (Å²) in [6.07, 6.45) is -0.746. The van der Waals surface area contributed by atoms with Gasteiger partial charge >= 0.3 is 18.0 Å². The number of rotatable bonds is 2. The Morgan fingerprint density at radius 3 is 2.45 bits per heavy atom. The maximum atomic E-state index is 12.0. The number of carbonyl (C=O) groups excluding carboxylic acids is 3. The molecule has 0 spiro atoms. The van der Waals surface area contributed by atoms with Crippen LogP contribution in [0.25, 0.3) is 0 Å². The van der Waals surface area contributed by atoms with E-state index in [-0.39, 0.29) is 13.0 Å². The number of aliphatic hydroxyl groups is 1. The maximum Gasteiger partial charge on any atom is 0.411 e. The minimum atomic E-state index is -1.04. The van der Waals surface area contributed by atoms with Gasteiger partial charge in [-0.1, -0.05) is 6.58 Å². The zero-order chi connectivity index (χ0) is 15.5. The molecule has 0 saturated carbocycles. The first-order valence-electron chi connectivity index (χ1n) is 6.20. The lowest BCUT2D eigenvalue weighted by Gasteiger charge is -2.27. The second-order valence-corrected chi connectivity index (χ2v) is 5.48. The van der Waals surface area contributed by atoms with Crippen LogP contribution in [0.3, 0.4) is 0 Å². The van der Waals surface area contributed by atoms with Gasteiger partial charge in [-0.15, -0.1) is 0 Å². The summed E-state index contributed by atoms with van der Waals surface area (Å²) >= 11 is 0. The van der Waals surface area contributed by atoms with Gasteiger partial charge in [0, 0.05) is 12.5 Å². The minimum Gasteiger partial charge on any atom is -0.444 e. The molecule has 1 N–H and O–H groups in total. The van der Waals surface area contributed by atoms with Crippen molar-refractivity contribution in [3.8, 4) is 0 Å². The van der Waals surface area contributed by atoms with Gasteiger partial charge < -0.3 is 14.6 Å². The smallest absolute Gasteiger partial charge is 0.411 e. The van der Waals surface area contributed by atoms with Crippen molar-refractivity contribution in [3.63, 3.8) is 0 Å². The predicted molar refractivity (Wildman–Crippen MR) is 68.6 cm³/mol. The molecule has 1 fully saturated rings. The van der Waals surface area contributed by atoms with Crippen LogP contribution in [0.15, 0.2) is 12.7 Å². The SMILES string of the molecule is C=CC(=O)OC(=O)[C@@H]1C[C@H](O)CN1C(=O)OC(C)(C)C. The second-order valence-electron chi connectivity index (χ2n) is 5.48. The molecule has 0 aromatic rings. The van der Waals surface area contributed by atoms with E-state index in [1.54, 1.807) is 20.8 Å². The third-order valence-electron chi connectivity index (χ3n) is 2.55. The Balaban J connectivity index is 2.78. The standard InChI is InChI=1S/C13H19NO6/c1-5-10(16)19-11(17)9-6-8(15)7-14(9)12(18)20-13(2,3)4/h5,8-9,15H,1,6-7H2,2-4H3/t8-,9-/m0/s1. The van der Waals surface area contributed by atoms with Crippen molar-refractivity contribution in [1.29, 1.82) is 0 Å². The van der Waals surface area contributed by atoms with Gasteiger partial charge in [0.1, 0.15) is 11.6 Å². The Morgan fingerprint density at radius 2 is 1.95 bits per heavy atom. The fourth-order valence-corrected chi connectivity index (χ4v) is 1.77. The Labute approximate surface area is 117 Å². The molecule has 0 aromatic carbocycles. The third-order valence-corrected chi connectivity index (χ3v) is 2.55. The topological polar surface area (TPSA) is 93.1 Å². The molecule has 1 saturated heterocycles. The van der Waals surface area contributed by atoms with Gasteiger partial charge in [0.25, 0.3) is 0 Å². The van der Waals surface area contributed by atoms with E-state index in [2.05, 4.69) is 11.3 Å². The summed E-state index contributed by atoms with van der Waals surface area (Å²) < 4.78 is 9.63. The highest BCUT2D eigenvalue weighted by Gasteiger charge is 2.42. The summed E-state index contributed by atoms with van der Waals surface area (Å²) in [7, 11) is 0. The molecule has 7 heteroatoms. The molecule has 20 heavy (non-hydrogen) atoms. The van der Waals surface area contributed by atoms with Crippen LogP contribution in [-0.4, -0.2) is 52.3 Å². The molecular formula is C13H19NO6. The number of amides is 1. The van der Waals surface area contributed by atoms with Gasteiger partial charge in [-0.2, -0.15) is 0 Å². The molecule has 1 aliphatic heterocycles. The van der Waals surface area contributed by atoms with Gasteiger partial charge in [0.15, 0.2) is 0 Å². The molecule has 0 aliphatic carbocycles. The number of nitrogens with zero attached hydrogens (tertiary/aromatic N) is 1. The quantitative estimate of drug-likeness (QED) is 0.454. The van der Waals surface area contributed by atoms with Gasteiger partial charge in [0.05, 0.1) is 12.6 Å². The van der Waals surface area contributed by atoms with E-state index < -0.39 is 35.8 Å². The first kappa shape index (κ1) is 16.2. The average molecular weight is 285 g/mol. The lowest BCUT2D eigenvalue weighted by atomic mass is 10.2. The van der Waals surface area contributed by atoms with Crippen LogP contribution < -0.4 is 0 Å². The molecule has 0 bridgehead atoms. The molecule has 7 nitrogen and oxygen atoms in total. The molecule has 112 valence electrons. The number of carbonyl (C=O) groups is 3. The van der Waals surface area contributed by atoms with Crippen molar-refractivity contribution >= 4 is 18.0 Å². The van der Waals surface area contributed by atoms with Gasteiger partial charge in [-0.3, -0.25) is 4.90 Å². The van der Waals surface area contributed by atoms with Crippen molar-refractivity contribution < 1.29 is 29.0 Å². The zero-order valence-corrected chi connectivity index (χ0v) is 11.8. The van der Waals surface area contributed by atoms with Crippen LogP contribution in [-0.2, 0) is 19.1 Å². The van der Waals surface area contributed by atoms with Crippen LogP contribution in [0.5, 0.6) is 0 Å². The van der Waals surface area contributed by atoms with E-state index in [1.807, 2.05) is 0 Å². The highest BCUT2D eigenvalue weighted by Crippen LogP contribution is 2.22. The minimum absolute atomic E-state index is 0.00248. The Hall–Kier alpha value is -1.89. The number of esters is 2. The van der Waals surface area contributed by atoms with Crippen LogP contribution >= 0.6 is 0 Å². The van der Waals surface area contributed by atoms with E-state index in [4.69, 9.17) is 4.74 Å². The molecule has 0 aromatic heterocycles. The molecule has 1 amide bonds. The van der Waals surface area contributed by atoms with E-state index >= 15 is 0 Å². The number of hydrogen-bond donors (Lipinski definition) is 1. The summed E-state index contributed by atoms with van der Waals surface area (Å²) in [4.78, 5) is 35.8. The molecule has 1 heterocycles. The number of ether oxygens (including phenoxy) is 2. The van der Waals surface area contributed by atoms with E-state index in [1.165, 1.54) is 0 Å². The molecule has 0 radical (unpaired) electrons. The highest BCUT2D eigenvalue weighted by atomic mass is 16.6. The first-order valence-corrected chi connectivity index (χ1v) is 6.20. The van der Waals surface area contributed by atoms with E-state index in [9.17, 15) is 19.5 Å². The summed E-state index contributed by atoms with van der Waals surface area (Å²) in [5.41, 5.74) is -0.726. The predicted octanol–water partition coefficient (Wildman–Crippen LogP) is 0.612. The summed E-state index contributed by atoms with van der Waals surface area (Å²) in [5.74, 6) is -1.81. The lowest BCUT2D eigenvalue weighted by Crippen LogP contribution is -2.44. The number of aliphatic hydroxyl groups excluding tert-OH is 1. The van der Waals surface area contributed by atoms with Gasteiger partial charge in [-0.05, 0) is 20.8 Å². The largest absolute Gasteiger partial charge is 0.444 e. The number of hydrogen-bond acceptors (Lipinski definition) is 6. The van der Waals surface area contributed by atoms with Crippen LogP contribution in [0, 0.1) is 0 Å². The van der Waals surface area contributed by atoms with Crippen LogP contribution in [0.4, 0.5) is 4.79 Å². The Kier molecular flexibility index (Phi) is 4.88. The molecule has 1 rings (SSSR count). The molecule has 2 atom stereocenters. The van der Waals surface area contributed by atoms with Crippen molar-refractivity contribution in [2.24, 2.45) is 0 Å². The number of likely N-dealkylation sites (tertiary alicyclic amines) is 1. The fourth-order valence-electron chi connectivity index (χ4n) is 1.77. The zero-order valence-electron chi connectivity index (χ0n) is 11.8. The monoisotopic (exact) mass is 285 g/mol. The fraction of sp³-hybridized carbons (Fsp3) is 0.615. The van der Waals surface area contributed by atoms with Gasteiger partial charge in [0.2, 0.25) is 0 Å². The first-order chi connectivity index (χ1) is 9.14. The van der Waals surface area contributed by atoms with E-state index in [0.717, 1.165) is 11.0 Å². The Morgan fingerprint density at radius 1 is 1.35 bits per heavy atom. The van der Waals surface area contributed by atoms with E-state index in [0.29, 0.717) is 0 Å². The second kappa shape index (κ2) is 6.04. The van der Waals surface area contributed by atoms with Crippen molar-refractivity contribution in [2.45, 2.75) is 44.9 Å². The van der Waals surface area contributed by atoms with Crippen molar-refractivity contribution in [2.75, 3.05) is 6.54 Å². The van der Waals surface area contributed by atoms with Gasteiger partial charge in [-0.25, -0.2) is 14.4 Å². The van der Waals surface area contributed by atoms with Crippen molar-refractivity contribution in [1.82, 2.24) is 4.90 Å².